The van der Waals surface area contributed by atoms with Gasteiger partial charge in [0.15, 0.2) is 0 Å². The third kappa shape index (κ3) is 2.98. The fourth-order valence-electron chi connectivity index (χ4n) is 1.58. The first-order valence-electron chi connectivity index (χ1n) is 5.73. The van der Waals surface area contributed by atoms with Crippen LogP contribution in [0.4, 0.5) is 5.69 Å². The molecule has 0 radical (unpaired) electrons. The Morgan fingerprint density at radius 2 is 2.16 bits per heavy atom. The first-order chi connectivity index (χ1) is 8.99. The maximum atomic E-state index is 10.8. The largest absolute Gasteiger partial charge is 0.425 e. The Kier molecular flexibility index (Phi) is 3.94. The molecule has 19 heavy (non-hydrogen) atoms. The molecule has 0 saturated carbocycles. The Morgan fingerprint density at radius 1 is 1.42 bits per heavy atom. The standard InChI is InChI=1S/C12H12BrN3O3/c1-7(2)12-15-14-10(19-12)6-8-4-3-5-9(11(8)13)16(17)18/h3-5,7H,6H2,1-2H3. The van der Waals surface area contributed by atoms with E-state index in [1.54, 1.807) is 12.1 Å². The summed E-state index contributed by atoms with van der Waals surface area (Å²) in [7, 11) is 0. The van der Waals surface area contributed by atoms with Gasteiger partial charge in [-0.15, -0.1) is 10.2 Å². The summed E-state index contributed by atoms with van der Waals surface area (Å²) in [5, 5.41) is 18.7. The van der Waals surface area contributed by atoms with Gasteiger partial charge >= 0.3 is 0 Å². The lowest BCUT2D eigenvalue weighted by molar-refractivity contribution is -0.385. The molecule has 0 amide bonds. The summed E-state index contributed by atoms with van der Waals surface area (Å²) in [5.41, 5.74) is 0.772. The molecule has 0 aliphatic carbocycles. The first kappa shape index (κ1) is 13.7. The molecule has 1 heterocycles. The van der Waals surface area contributed by atoms with Gasteiger partial charge in [-0.05, 0) is 21.5 Å². The van der Waals surface area contributed by atoms with Gasteiger partial charge in [0.05, 0.1) is 15.8 Å². The normalized spacial score (nSPS) is 10.9. The molecule has 0 fully saturated rings. The van der Waals surface area contributed by atoms with Crippen molar-refractivity contribution in [2.75, 3.05) is 0 Å². The fourth-order valence-corrected chi connectivity index (χ4v) is 2.13. The van der Waals surface area contributed by atoms with Crippen LogP contribution in [0.5, 0.6) is 0 Å². The van der Waals surface area contributed by atoms with Gasteiger partial charge in [-0.25, -0.2) is 0 Å². The zero-order valence-corrected chi connectivity index (χ0v) is 12.0. The number of benzene rings is 1. The molecule has 0 bridgehead atoms. The molecule has 0 saturated heterocycles. The minimum atomic E-state index is -0.430. The molecule has 7 heteroatoms. The molecule has 0 aliphatic heterocycles. The molecule has 100 valence electrons. The Labute approximate surface area is 118 Å². The maximum Gasteiger partial charge on any atom is 0.283 e. The summed E-state index contributed by atoms with van der Waals surface area (Å²) in [6.07, 6.45) is 0.363. The zero-order chi connectivity index (χ0) is 14.0. The SMILES string of the molecule is CC(C)c1nnc(Cc2cccc([N+](=O)[O-])c2Br)o1. The molecule has 2 aromatic rings. The molecule has 2 rings (SSSR count). The lowest BCUT2D eigenvalue weighted by atomic mass is 10.1. The monoisotopic (exact) mass is 325 g/mol. The van der Waals surface area contributed by atoms with Gasteiger partial charge in [0.25, 0.3) is 5.69 Å². The van der Waals surface area contributed by atoms with Crippen molar-refractivity contribution in [2.24, 2.45) is 0 Å². The van der Waals surface area contributed by atoms with E-state index in [4.69, 9.17) is 4.42 Å². The zero-order valence-electron chi connectivity index (χ0n) is 10.5. The Bertz CT molecular complexity index is 610. The van der Waals surface area contributed by atoms with Crippen molar-refractivity contribution < 1.29 is 9.34 Å². The van der Waals surface area contributed by atoms with Crippen molar-refractivity contribution in [2.45, 2.75) is 26.2 Å². The second-order valence-electron chi connectivity index (χ2n) is 4.37. The van der Waals surface area contributed by atoms with Crippen LogP contribution < -0.4 is 0 Å². The van der Waals surface area contributed by atoms with Gasteiger partial charge in [0, 0.05) is 12.0 Å². The van der Waals surface area contributed by atoms with Crippen molar-refractivity contribution in [3.8, 4) is 0 Å². The van der Waals surface area contributed by atoms with Crippen molar-refractivity contribution in [3.05, 3.63) is 50.1 Å². The van der Waals surface area contributed by atoms with Crippen molar-refractivity contribution >= 4 is 21.6 Å². The molecular formula is C12H12BrN3O3. The van der Waals surface area contributed by atoms with Crippen LogP contribution in [0.2, 0.25) is 0 Å². The first-order valence-corrected chi connectivity index (χ1v) is 6.52. The summed E-state index contributed by atoms with van der Waals surface area (Å²) in [4.78, 5) is 10.4. The van der Waals surface area contributed by atoms with Crippen LogP contribution in [0, 0.1) is 10.1 Å². The summed E-state index contributed by atoms with van der Waals surface area (Å²) < 4.78 is 5.94. The van der Waals surface area contributed by atoms with E-state index < -0.39 is 4.92 Å². The fraction of sp³-hybridized carbons (Fsp3) is 0.333. The number of nitro groups is 1. The third-order valence-corrected chi connectivity index (χ3v) is 3.49. The van der Waals surface area contributed by atoms with E-state index in [0.29, 0.717) is 22.7 Å². The Hall–Kier alpha value is -1.76. The van der Waals surface area contributed by atoms with Crippen LogP contribution in [0.1, 0.15) is 37.1 Å². The van der Waals surface area contributed by atoms with Crippen LogP contribution in [0.3, 0.4) is 0 Å². The molecule has 6 nitrogen and oxygen atoms in total. The predicted octanol–water partition coefficient (Wildman–Crippen LogP) is 3.45. The van der Waals surface area contributed by atoms with Gasteiger partial charge in [-0.2, -0.15) is 0 Å². The second kappa shape index (κ2) is 5.48. The van der Waals surface area contributed by atoms with E-state index in [-0.39, 0.29) is 11.6 Å². The topological polar surface area (TPSA) is 82.1 Å². The van der Waals surface area contributed by atoms with E-state index in [1.807, 2.05) is 13.8 Å². The maximum absolute atomic E-state index is 10.8. The number of nitrogens with zero attached hydrogens (tertiary/aromatic N) is 3. The average molecular weight is 326 g/mol. The molecule has 1 aromatic heterocycles. The van der Waals surface area contributed by atoms with Gasteiger partial charge < -0.3 is 4.42 Å². The molecule has 0 unspecified atom stereocenters. The molecule has 0 spiro atoms. The molecular weight excluding hydrogens is 314 g/mol. The lowest BCUT2D eigenvalue weighted by Gasteiger charge is -2.02. The quantitative estimate of drug-likeness (QED) is 0.635. The van der Waals surface area contributed by atoms with E-state index >= 15 is 0 Å². The highest BCUT2D eigenvalue weighted by Crippen LogP contribution is 2.29. The van der Waals surface area contributed by atoms with E-state index in [9.17, 15) is 10.1 Å². The summed E-state index contributed by atoms with van der Waals surface area (Å²) in [5.74, 6) is 1.18. The van der Waals surface area contributed by atoms with Gasteiger partial charge in [0.2, 0.25) is 11.8 Å². The average Bonchev–Trinajstić information content (AvgIpc) is 2.80. The van der Waals surface area contributed by atoms with Crippen molar-refractivity contribution in [3.63, 3.8) is 0 Å². The van der Waals surface area contributed by atoms with Gasteiger partial charge in [-0.1, -0.05) is 26.0 Å². The van der Waals surface area contributed by atoms with Crippen LogP contribution in [0.25, 0.3) is 0 Å². The number of aromatic nitrogens is 2. The third-order valence-electron chi connectivity index (χ3n) is 2.57. The summed E-state index contributed by atoms with van der Waals surface area (Å²) >= 11 is 3.24. The highest BCUT2D eigenvalue weighted by molar-refractivity contribution is 9.10. The summed E-state index contributed by atoms with van der Waals surface area (Å²) in [6.45, 7) is 3.92. The van der Waals surface area contributed by atoms with E-state index in [1.165, 1.54) is 6.07 Å². The van der Waals surface area contributed by atoms with Gasteiger partial charge in [-0.3, -0.25) is 10.1 Å². The van der Waals surface area contributed by atoms with Crippen LogP contribution in [0.15, 0.2) is 27.1 Å². The number of hydrogen-bond donors (Lipinski definition) is 0. The predicted molar refractivity (Wildman–Crippen MR) is 72.0 cm³/mol. The highest BCUT2D eigenvalue weighted by atomic mass is 79.9. The molecule has 0 atom stereocenters. The Morgan fingerprint density at radius 3 is 2.74 bits per heavy atom. The number of rotatable bonds is 4. The van der Waals surface area contributed by atoms with Crippen LogP contribution in [-0.2, 0) is 6.42 Å². The van der Waals surface area contributed by atoms with E-state index in [2.05, 4.69) is 26.1 Å². The summed E-state index contributed by atoms with van der Waals surface area (Å²) in [6, 6.07) is 4.87. The molecule has 1 aromatic carbocycles. The van der Waals surface area contributed by atoms with Crippen molar-refractivity contribution in [1.29, 1.82) is 0 Å². The molecule has 0 N–H and O–H groups in total. The highest BCUT2D eigenvalue weighted by Gasteiger charge is 2.17. The smallest absolute Gasteiger partial charge is 0.283 e. The second-order valence-corrected chi connectivity index (χ2v) is 5.17. The molecule has 0 aliphatic rings. The van der Waals surface area contributed by atoms with Gasteiger partial charge in [0.1, 0.15) is 0 Å². The number of hydrogen-bond acceptors (Lipinski definition) is 5. The van der Waals surface area contributed by atoms with E-state index in [0.717, 1.165) is 5.56 Å². The minimum Gasteiger partial charge on any atom is -0.425 e. The Balaban J connectivity index is 2.28. The lowest BCUT2D eigenvalue weighted by Crippen LogP contribution is -1.95. The van der Waals surface area contributed by atoms with Crippen molar-refractivity contribution in [1.82, 2.24) is 10.2 Å². The minimum absolute atomic E-state index is 0.0288. The number of halogens is 1. The van der Waals surface area contributed by atoms with Crippen LogP contribution in [-0.4, -0.2) is 15.1 Å². The number of nitro benzene ring substituents is 1. The van der Waals surface area contributed by atoms with Crippen LogP contribution >= 0.6 is 15.9 Å².